The van der Waals surface area contributed by atoms with Crippen molar-refractivity contribution < 1.29 is 12.8 Å². The van der Waals surface area contributed by atoms with E-state index in [1.54, 1.807) is 6.20 Å². The van der Waals surface area contributed by atoms with Crippen LogP contribution in [0.2, 0.25) is 0 Å². The van der Waals surface area contributed by atoms with Gasteiger partial charge in [0.25, 0.3) is 0 Å². The number of benzene rings is 2. The Morgan fingerprint density at radius 1 is 0.914 bits per heavy atom. The predicted octanol–water partition coefficient (Wildman–Crippen LogP) is 4.91. The van der Waals surface area contributed by atoms with E-state index in [0.717, 1.165) is 28.2 Å². The van der Waals surface area contributed by atoms with Crippen molar-refractivity contribution in [3.8, 4) is 22.4 Å². The van der Waals surface area contributed by atoms with Crippen molar-refractivity contribution in [1.82, 2.24) is 20.2 Å². The van der Waals surface area contributed by atoms with Crippen molar-refractivity contribution in [2.75, 3.05) is 11.6 Å². The van der Waals surface area contributed by atoms with E-state index in [1.807, 2.05) is 48.5 Å². The number of halogens is 1. The molecule has 3 heterocycles. The van der Waals surface area contributed by atoms with Crippen LogP contribution in [0.4, 0.5) is 10.2 Å². The fourth-order valence-corrected chi connectivity index (χ4v) is 4.46. The first kappa shape index (κ1) is 22.5. The van der Waals surface area contributed by atoms with E-state index in [4.69, 9.17) is 0 Å². The van der Waals surface area contributed by atoms with Crippen LogP contribution in [-0.4, -0.2) is 34.8 Å². The van der Waals surface area contributed by atoms with E-state index in [0.29, 0.717) is 17.1 Å². The fourth-order valence-electron chi connectivity index (χ4n) is 3.87. The molecule has 0 saturated carbocycles. The summed E-state index contributed by atoms with van der Waals surface area (Å²) >= 11 is 0. The first-order valence-corrected chi connectivity index (χ1v) is 12.6. The van der Waals surface area contributed by atoms with Gasteiger partial charge in [-0.05, 0) is 29.3 Å². The van der Waals surface area contributed by atoms with Gasteiger partial charge in [-0.25, -0.2) is 12.8 Å². The van der Waals surface area contributed by atoms with Gasteiger partial charge >= 0.3 is 0 Å². The average molecular weight is 486 g/mol. The standard InChI is InChI=1S/C26H20FN5O2S/c1-35(33,34)19-13-18(14-28-15-19)25-21-10-5-9-20(17-7-3-2-4-8-17)24(21)26(32-31-25)30-16-23-22(27)11-6-12-29-23/h2-15H,16H2,1H3,(H,30,32). The summed E-state index contributed by atoms with van der Waals surface area (Å²) in [5, 5.41) is 13.5. The molecule has 0 spiro atoms. The lowest BCUT2D eigenvalue weighted by Crippen LogP contribution is -2.08. The van der Waals surface area contributed by atoms with E-state index in [-0.39, 0.29) is 17.1 Å². The number of nitrogens with zero attached hydrogens (tertiary/aromatic N) is 4. The molecule has 0 fully saturated rings. The number of nitrogens with one attached hydrogen (secondary N) is 1. The normalized spacial score (nSPS) is 11.5. The van der Waals surface area contributed by atoms with Gasteiger partial charge < -0.3 is 5.32 Å². The van der Waals surface area contributed by atoms with Gasteiger partial charge in [0.1, 0.15) is 11.5 Å². The number of hydrogen-bond acceptors (Lipinski definition) is 7. The molecule has 0 aliphatic heterocycles. The highest BCUT2D eigenvalue weighted by Crippen LogP contribution is 2.37. The maximum Gasteiger partial charge on any atom is 0.177 e. The number of sulfone groups is 1. The minimum atomic E-state index is -3.45. The van der Waals surface area contributed by atoms with Crippen molar-refractivity contribution in [3.05, 3.63) is 96.8 Å². The lowest BCUT2D eigenvalue weighted by atomic mass is 9.96. The van der Waals surface area contributed by atoms with Crippen LogP contribution in [-0.2, 0) is 16.4 Å². The number of fused-ring (bicyclic) bond motifs is 1. The summed E-state index contributed by atoms with van der Waals surface area (Å²) in [6.07, 6.45) is 5.53. The quantitative estimate of drug-likeness (QED) is 0.365. The number of rotatable bonds is 6. The predicted molar refractivity (Wildman–Crippen MR) is 133 cm³/mol. The van der Waals surface area contributed by atoms with E-state index < -0.39 is 15.7 Å². The second-order valence-corrected chi connectivity index (χ2v) is 9.97. The Morgan fingerprint density at radius 2 is 1.74 bits per heavy atom. The van der Waals surface area contributed by atoms with Crippen LogP contribution < -0.4 is 5.32 Å². The SMILES string of the molecule is CS(=O)(=O)c1cncc(-c2nnc(NCc3ncccc3F)c3c(-c4ccccc4)cccc23)c1. The Balaban J connectivity index is 1.71. The molecule has 35 heavy (non-hydrogen) atoms. The van der Waals surface area contributed by atoms with Gasteiger partial charge in [0.15, 0.2) is 15.7 Å². The third-order valence-corrected chi connectivity index (χ3v) is 6.64. The third kappa shape index (κ3) is 4.58. The molecule has 0 aliphatic rings. The highest BCUT2D eigenvalue weighted by atomic mass is 32.2. The molecule has 5 aromatic rings. The van der Waals surface area contributed by atoms with Crippen molar-refractivity contribution in [1.29, 1.82) is 0 Å². The molecule has 1 N–H and O–H groups in total. The molecular weight excluding hydrogens is 465 g/mol. The molecule has 5 rings (SSSR count). The molecule has 0 unspecified atom stereocenters. The molecule has 0 amide bonds. The topological polar surface area (TPSA) is 97.7 Å². The maximum absolute atomic E-state index is 14.2. The number of pyridine rings is 2. The van der Waals surface area contributed by atoms with Crippen LogP contribution in [0.25, 0.3) is 33.2 Å². The van der Waals surface area contributed by atoms with Gasteiger partial charge in [-0.1, -0.05) is 48.5 Å². The molecular formula is C26H20FN5O2S. The minimum Gasteiger partial charge on any atom is -0.362 e. The Labute approximate surface area is 201 Å². The zero-order valence-electron chi connectivity index (χ0n) is 18.7. The monoisotopic (exact) mass is 485 g/mol. The van der Waals surface area contributed by atoms with Gasteiger partial charge in [0, 0.05) is 41.2 Å². The Morgan fingerprint density at radius 3 is 2.51 bits per heavy atom. The summed E-state index contributed by atoms with van der Waals surface area (Å²) in [7, 11) is -3.45. The summed E-state index contributed by atoms with van der Waals surface area (Å²) in [6.45, 7) is 0.115. The van der Waals surface area contributed by atoms with Crippen LogP contribution >= 0.6 is 0 Å². The van der Waals surface area contributed by atoms with Crippen LogP contribution in [0.5, 0.6) is 0 Å². The largest absolute Gasteiger partial charge is 0.362 e. The lowest BCUT2D eigenvalue weighted by molar-refractivity contribution is 0.601. The van der Waals surface area contributed by atoms with Gasteiger partial charge in [-0.2, -0.15) is 0 Å². The van der Waals surface area contributed by atoms with Crippen molar-refractivity contribution in [2.24, 2.45) is 0 Å². The highest BCUT2D eigenvalue weighted by Gasteiger charge is 2.18. The smallest absolute Gasteiger partial charge is 0.177 e. The maximum atomic E-state index is 14.2. The van der Waals surface area contributed by atoms with E-state index in [2.05, 4.69) is 25.5 Å². The molecule has 0 atom stereocenters. The van der Waals surface area contributed by atoms with Crippen molar-refractivity contribution in [3.63, 3.8) is 0 Å². The van der Waals surface area contributed by atoms with E-state index in [9.17, 15) is 12.8 Å². The summed E-state index contributed by atoms with van der Waals surface area (Å²) in [4.78, 5) is 8.31. The molecule has 7 nitrogen and oxygen atoms in total. The van der Waals surface area contributed by atoms with Crippen LogP contribution in [0.15, 0.2) is 90.2 Å². The summed E-state index contributed by atoms with van der Waals surface area (Å²) < 4.78 is 38.4. The van der Waals surface area contributed by atoms with Crippen LogP contribution in [0, 0.1) is 5.82 Å². The number of aromatic nitrogens is 4. The second kappa shape index (κ2) is 9.19. The molecule has 0 aliphatic carbocycles. The molecule has 0 bridgehead atoms. The summed E-state index contributed by atoms with van der Waals surface area (Å²) in [6, 6.07) is 20.0. The Bertz CT molecular complexity index is 1640. The van der Waals surface area contributed by atoms with Crippen LogP contribution in [0.1, 0.15) is 5.69 Å². The van der Waals surface area contributed by atoms with Crippen LogP contribution in [0.3, 0.4) is 0 Å². The minimum absolute atomic E-state index is 0.0944. The van der Waals surface area contributed by atoms with E-state index >= 15 is 0 Å². The molecule has 174 valence electrons. The number of anilines is 1. The Hall–Kier alpha value is -4.24. The van der Waals surface area contributed by atoms with E-state index in [1.165, 1.54) is 30.6 Å². The molecule has 2 aromatic carbocycles. The van der Waals surface area contributed by atoms with Crippen molar-refractivity contribution >= 4 is 26.4 Å². The summed E-state index contributed by atoms with van der Waals surface area (Å²) in [5.41, 5.74) is 3.14. The summed E-state index contributed by atoms with van der Waals surface area (Å²) in [5.74, 6) is 0.0429. The third-order valence-electron chi connectivity index (χ3n) is 5.56. The zero-order chi connectivity index (χ0) is 24.4. The lowest BCUT2D eigenvalue weighted by Gasteiger charge is -2.15. The zero-order valence-corrected chi connectivity index (χ0v) is 19.5. The molecule has 0 saturated heterocycles. The van der Waals surface area contributed by atoms with Gasteiger partial charge in [0.05, 0.1) is 17.1 Å². The average Bonchev–Trinajstić information content (AvgIpc) is 2.88. The Kier molecular flexibility index (Phi) is 5.92. The molecule has 9 heteroatoms. The first-order chi connectivity index (χ1) is 16.9. The van der Waals surface area contributed by atoms with Crippen molar-refractivity contribution in [2.45, 2.75) is 11.4 Å². The molecule has 3 aromatic heterocycles. The molecule has 0 radical (unpaired) electrons. The highest BCUT2D eigenvalue weighted by molar-refractivity contribution is 7.90. The first-order valence-electron chi connectivity index (χ1n) is 10.8. The van der Waals surface area contributed by atoms with Gasteiger partial charge in [0.2, 0.25) is 0 Å². The van der Waals surface area contributed by atoms with Gasteiger partial charge in [-0.15, -0.1) is 10.2 Å². The van der Waals surface area contributed by atoms with Gasteiger partial charge in [-0.3, -0.25) is 9.97 Å². The second-order valence-electron chi connectivity index (χ2n) is 7.96. The fraction of sp³-hybridized carbons (Fsp3) is 0.0769. The number of hydrogen-bond donors (Lipinski definition) is 1.